The number of amides is 1. The molecule has 0 atom stereocenters. The lowest BCUT2D eigenvalue weighted by Gasteiger charge is -2.13. The van der Waals surface area contributed by atoms with E-state index in [2.05, 4.69) is 15.8 Å². The monoisotopic (exact) mass is 370 g/mol. The highest BCUT2D eigenvalue weighted by molar-refractivity contribution is 6.06. The van der Waals surface area contributed by atoms with Crippen LogP contribution in [0.1, 0.15) is 53.6 Å². The fourth-order valence-corrected chi connectivity index (χ4v) is 3.11. The fraction of sp³-hybridized carbons (Fsp3) is 0.368. The molecule has 1 aromatic heterocycles. The summed E-state index contributed by atoms with van der Waals surface area (Å²) >= 11 is 0. The van der Waals surface area contributed by atoms with Crippen LogP contribution in [0.4, 0.5) is 11.4 Å². The first kappa shape index (κ1) is 18.6. The summed E-state index contributed by atoms with van der Waals surface area (Å²) in [6.45, 7) is 4.47. The molecule has 2 aromatic rings. The number of carbonyl (C=O) groups is 1. The number of nitro groups is 1. The van der Waals surface area contributed by atoms with Gasteiger partial charge in [0.1, 0.15) is 5.76 Å². The van der Waals surface area contributed by atoms with Crippen molar-refractivity contribution in [2.45, 2.75) is 39.5 Å². The SMILES string of the molecule is CCCNC(=O)c1oc2c(c1C)/C(=N/Nc1ccc([N+](=O)[O-])cc1)CCC2. The molecule has 8 nitrogen and oxygen atoms in total. The van der Waals surface area contributed by atoms with Crippen LogP contribution in [0.15, 0.2) is 33.8 Å². The number of anilines is 1. The van der Waals surface area contributed by atoms with Crippen molar-refractivity contribution < 1.29 is 14.1 Å². The predicted octanol–water partition coefficient (Wildman–Crippen LogP) is 3.79. The summed E-state index contributed by atoms with van der Waals surface area (Å²) in [5.74, 6) is 0.925. The number of aryl methyl sites for hydroxylation is 1. The van der Waals surface area contributed by atoms with Crippen molar-refractivity contribution >= 4 is 23.0 Å². The minimum Gasteiger partial charge on any atom is -0.455 e. The largest absolute Gasteiger partial charge is 0.455 e. The summed E-state index contributed by atoms with van der Waals surface area (Å²) in [6.07, 6.45) is 3.28. The zero-order valence-corrected chi connectivity index (χ0v) is 15.4. The van der Waals surface area contributed by atoms with Crippen LogP contribution in [-0.2, 0) is 6.42 Å². The highest BCUT2D eigenvalue weighted by Crippen LogP contribution is 2.30. The van der Waals surface area contributed by atoms with Crippen LogP contribution in [0.2, 0.25) is 0 Å². The standard InChI is InChI=1S/C19H22N4O4/c1-3-11-20-19(24)18-12(2)17-15(5-4-6-16(17)27-18)22-21-13-7-9-14(10-8-13)23(25)26/h7-10,21H,3-6,11H2,1-2H3,(H,20,24)/b22-15+. The molecule has 0 bridgehead atoms. The summed E-state index contributed by atoms with van der Waals surface area (Å²) < 4.78 is 5.82. The lowest BCUT2D eigenvalue weighted by Crippen LogP contribution is -2.24. The molecule has 0 saturated heterocycles. The number of hydrogen-bond acceptors (Lipinski definition) is 6. The molecule has 27 heavy (non-hydrogen) atoms. The van der Waals surface area contributed by atoms with Gasteiger partial charge in [-0.15, -0.1) is 0 Å². The molecule has 0 fully saturated rings. The summed E-state index contributed by atoms with van der Waals surface area (Å²) in [5.41, 5.74) is 6.13. The Balaban J connectivity index is 1.83. The molecule has 142 valence electrons. The summed E-state index contributed by atoms with van der Waals surface area (Å²) in [5, 5.41) is 18.0. The second-order valence-electron chi connectivity index (χ2n) is 6.44. The van der Waals surface area contributed by atoms with E-state index < -0.39 is 4.92 Å². The van der Waals surface area contributed by atoms with Gasteiger partial charge < -0.3 is 9.73 Å². The number of furan rings is 1. The maximum Gasteiger partial charge on any atom is 0.287 e. The number of nitrogens with zero attached hydrogens (tertiary/aromatic N) is 2. The first-order chi connectivity index (χ1) is 13.0. The topological polar surface area (TPSA) is 110 Å². The number of fused-ring (bicyclic) bond motifs is 1. The number of hydrazone groups is 1. The molecular formula is C19H22N4O4. The molecule has 3 rings (SSSR count). The summed E-state index contributed by atoms with van der Waals surface area (Å²) in [4.78, 5) is 22.6. The van der Waals surface area contributed by atoms with E-state index in [1.54, 1.807) is 12.1 Å². The third-order valence-corrected chi connectivity index (χ3v) is 4.47. The molecule has 1 heterocycles. The van der Waals surface area contributed by atoms with Crippen molar-refractivity contribution in [1.82, 2.24) is 5.32 Å². The van der Waals surface area contributed by atoms with Gasteiger partial charge in [0.05, 0.1) is 16.3 Å². The van der Waals surface area contributed by atoms with Gasteiger partial charge >= 0.3 is 0 Å². The van der Waals surface area contributed by atoms with Crippen LogP contribution in [-0.4, -0.2) is 23.1 Å². The van der Waals surface area contributed by atoms with Crippen LogP contribution in [0.5, 0.6) is 0 Å². The number of nitrogens with one attached hydrogen (secondary N) is 2. The van der Waals surface area contributed by atoms with E-state index in [-0.39, 0.29) is 11.6 Å². The molecular weight excluding hydrogens is 348 g/mol. The van der Waals surface area contributed by atoms with E-state index in [1.807, 2.05) is 13.8 Å². The first-order valence-corrected chi connectivity index (χ1v) is 8.99. The van der Waals surface area contributed by atoms with Crippen molar-refractivity contribution in [3.05, 3.63) is 57.0 Å². The molecule has 0 radical (unpaired) electrons. The van der Waals surface area contributed by atoms with Crippen molar-refractivity contribution in [2.75, 3.05) is 12.0 Å². The third kappa shape index (κ3) is 3.99. The Morgan fingerprint density at radius 2 is 2.04 bits per heavy atom. The molecule has 1 aliphatic carbocycles. The van der Waals surface area contributed by atoms with E-state index >= 15 is 0 Å². The van der Waals surface area contributed by atoms with E-state index in [9.17, 15) is 14.9 Å². The Bertz CT molecular complexity index is 884. The third-order valence-electron chi connectivity index (χ3n) is 4.47. The normalized spacial score (nSPS) is 14.7. The maximum atomic E-state index is 12.3. The average molecular weight is 370 g/mol. The first-order valence-electron chi connectivity index (χ1n) is 8.99. The molecule has 0 spiro atoms. The molecule has 8 heteroatoms. The minimum atomic E-state index is -0.441. The number of rotatable bonds is 6. The lowest BCUT2D eigenvalue weighted by molar-refractivity contribution is -0.384. The Morgan fingerprint density at radius 3 is 2.70 bits per heavy atom. The smallest absolute Gasteiger partial charge is 0.287 e. The highest BCUT2D eigenvalue weighted by atomic mass is 16.6. The quantitative estimate of drug-likeness (QED) is 0.594. The molecule has 0 unspecified atom stereocenters. The molecule has 1 aliphatic rings. The van der Waals surface area contributed by atoms with Crippen molar-refractivity contribution in [3.8, 4) is 0 Å². The number of hydrogen-bond donors (Lipinski definition) is 2. The van der Waals surface area contributed by atoms with Gasteiger partial charge in [-0.05, 0) is 38.3 Å². The van der Waals surface area contributed by atoms with Crippen LogP contribution in [0.25, 0.3) is 0 Å². The number of non-ortho nitro benzene ring substituents is 1. The summed E-state index contributed by atoms with van der Waals surface area (Å²) in [6, 6.07) is 6.07. The summed E-state index contributed by atoms with van der Waals surface area (Å²) in [7, 11) is 0. The molecule has 1 aromatic carbocycles. The number of benzene rings is 1. The Hall–Kier alpha value is -3.16. The second kappa shape index (κ2) is 8.03. The number of nitro benzene ring substituents is 1. The van der Waals surface area contributed by atoms with E-state index in [4.69, 9.17) is 4.42 Å². The average Bonchev–Trinajstić information content (AvgIpc) is 3.02. The van der Waals surface area contributed by atoms with Gasteiger partial charge in [-0.1, -0.05) is 6.92 Å². The van der Waals surface area contributed by atoms with Gasteiger partial charge in [-0.3, -0.25) is 20.3 Å². The zero-order chi connectivity index (χ0) is 19.4. The van der Waals surface area contributed by atoms with Gasteiger partial charge in [-0.25, -0.2) is 0 Å². The molecule has 0 aliphatic heterocycles. The Morgan fingerprint density at radius 1 is 1.30 bits per heavy atom. The Labute approximate surface area is 156 Å². The van der Waals surface area contributed by atoms with Gasteiger partial charge in [0, 0.05) is 36.2 Å². The van der Waals surface area contributed by atoms with Crippen molar-refractivity contribution in [1.29, 1.82) is 0 Å². The van der Waals surface area contributed by atoms with Crippen LogP contribution in [0.3, 0.4) is 0 Å². The van der Waals surface area contributed by atoms with Crippen LogP contribution in [0, 0.1) is 17.0 Å². The molecule has 2 N–H and O–H groups in total. The molecule has 0 saturated carbocycles. The van der Waals surface area contributed by atoms with Gasteiger partial charge in [-0.2, -0.15) is 5.10 Å². The minimum absolute atomic E-state index is 0.0292. The van der Waals surface area contributed by atoms with Crippen LogP contribution < -0.4 is 10.7 Å². The maximum absolute atomic E-state index is 12.3. The van der Waals surface area contributed by atoms with E-state index in [0.717, 1.165) is 48.3 Å². The van der Waals surface area contributed by atoms with E-state index in [0.29, 0.717) is 18.0 Å². The number of carbonyl (C=O) groups excluding carboxylic acids is 1. The van der Waals surface area contributed by atoms with Crippen molar-refractivity contribution in [3.63, 3.8) is 0 Å². The Kier molecular flexibility index (Phi) is 5.54. The highest BCUT2D eigenvalue weighted by Gasteiger charge is 2.27. The van der Waals surface area contributed by atoms with Gasteiger partial charge in [0.25, 0.3) is 11.6 Å². The molecule has 1 amide bonds. The van der Waals surface area contributed by atoms with Crippen molar-refractivity contribution in [2.24, 2.45) is 5.10 Å². The van der Waals surface area contributed by atoms with Crippen LogP contribution >= 0.6 is 0 Å². The van der Waals surface area contributed by atoms with Gasteiger partial charge in [0.15, 0.2) is 5.76 Å². The second-order valence-corrected chi connectivity index (χ2v) is 6.44. The predicted molar refractivity (Wildman–Crippen MR) is 102 cm³/mol. The van der Waals surface area contributed by atoms with Gasteiger partial charge in [0.2, 0.25) is 0 Å². The lowest BCUT2D eigenvalue weighted by atomic mass is 9.93. The van der Waals surface area contributed by atoms with E-state index in [1.165, 1.54) is 12.1 Å². The zero-order valence-electron chi connectivity index (χ0n) is 15.4. The fourth-order valence-electron chi connectivity index (χ4n) is 3.11.